The molecule has 0 bridgehead atoms. The van der Waals surface area contributed by atoms with Crippen molar-refractivity contribution in [3.8, 4) is 0 Å². The molecule has 0 aliphatic rings. The first kappa shape index (κ1) is 23.9. The summed E-state index contributed by atoms with van der Waals surface area (Å²) in [5, 5.41) is 4.74. The van der Waals surface area contributed by atoms with Crippen LogP contribution >= 0.6 is 0 Å². The van der Waals surface area contributed by atoms with Gasteiger partial charge in [0.1, 0.15) is 26.4 Å². The standard InChI is InChI=1S/C16H24N2O9/c1-3-13(19)24-7-5-17-15(21)26-11-9-23-10-12-27-16(22)18-6-8-25-14(20)4-2/h3-4H,1-2,5-12H2,(H,17,21)(H,18,22). The van der Waals surface area contributed by atoms with E-state index in [4.69, 9.17) is 14.2 Å². The van der Waals surface area contributed by atoms with Crippen molar-refractivity contribution in [1.82, 2.24) is 10.6 Å². The van der Waals surface area contributed by atoms with Crippen molar-refractivity contribution in [1.29, 1.82) is 0 Å². The van der Waals surface area contributed by atoms with Crippen LogP contribution in [0.4, 0.5) is 9.59 Å². The second kappa shape index (κ2) is 16.4. The SMILES string of the molecule is C=CC(=O)OCCNC(=O)OCCOCCOC(=O)NCCOC(=O)C=C. The van der Waals surface area contributed by atoms with Gasteiger partial charge in [0.25, 0.3) is 0 Å². The van der Waals surface area contributed by atoms with Crippen LogP contribution in [0, 0.1) is 0 Å². The molecule has 0 saturated heterocycles. The van der Waals surface area contributed by atoms with E-state index in [0.29, 0.717) is 0 Å². The van der Waals surface area contributed by atoms with Gasteiger partial charge in [-0.2, -0.15) is 0 Å². The third-order valence-electron chi connectivity index (χ3n) is 2.49. The minimum atomic E-state index is -0.680. The van der Waals surface area contributed by atoms with Crippen LogP contribution in [0.1, 0.15) is 0 Å². The van der Waals surface area contributed by atoms with Gasteiger partial charge in [0.2, 0.25) is 0 Å². The van der Waals surface area contributed by atoms with Gasteiger partial charge >= 0.3 is 24.1 Å². The van der Waals surface area contributed by atoms with Gasteiger partial charge in [-0.1, -0.05) is 13.2 Å². The number of hydrogen-bond acceptors (Lipinski definition) is 9. The number of alkyl carbamates (subject to hydrolysis) is 2. The molecule has 0 saturated carbocycles. The van der Waals surface area contributed by atoms with Gasteiger partial charge in [-0.15, -0.1) is 0 Å². The Balaban J connectivity index is 3.40. The fraction of sp³-hybridized carbons (Fsp3) is 0.500. The van der Waals surface area contributed by atoms with Crippen LogP contribution in [0.3, 0.4) is 0 Å². The van der Waals surface area contributed by atoms with Gasteiger partial charge < -0.3 is 34.3 Å². The first-order chi connectivity index (χ1) is 13.0. The van der Waals surface area contributed by atoms with Crippen LogP contribution in [0.2, 0.25) is 0 Å². The van der Waals surface area contributed by atoms with E-state index in [9.17, 15) is 19.2 Å². The predicted molar refractivity (Wildman–Crippen MR) is 91.8 cm³/mol. The average molecular weight is 388 g/mol. The second-order valence-corrected chi connectivity index (χ2v) is 4.48. The van der Waals surface area contributed by atoms with Crippen LogP contribution in [0.5, 0.6) is 0 Å². The van der Waals surface area contributed by atoms with E-state index in [-0.39, 0.29) is 52.7 Å². The van der Waals surface area contributed by atoms with Crippen LogP contribution in [0.15, 0.2) is 25.3 Å². The zero-order valence-corrected chi connectivity index (χ0v) is 14.9. The maximum absolute atomic E-state index is 11.3. The maximum atomic E-state index is 11.3. The van der Waals surface area contributed by atoms with Crippen molar-refractivity contribution < 1.29 is 42.9 Å². The molecule has 11 nitrogen and oxygen atoms in total. The number of rotatable bonds is 14. The lowest BCUT2D eigenvalue weighted by Crippen LogP contribution is -2.30. The summed E-state index contributed by atoms with van der Waals surface area (Å²) in [5.74, 6) is -1.16. The van der Waals surface area contributed by atoms with E-state index in [2.05, 4.69) is 33.3 Å². The molecule has 0 aliphatic heterocycles. The zero-order valence-electron chi connectivity index (χ0n) is 14.9. The van der Waals surface area contributed by atoms with Crippen molar-refractivity contribution >= 4 is 24.1 Å². The monoisotopic (exact) mass is 388 g/mol. The number of ether oxygens (including phenoxy) is 5. The Kier molecular flexibility index (Phi) is 14.5. The molecule has 152 valence electrons. The van der Waals surface area contributed by atoms with Gasteiger partial charge in [0.05, 0.1) is 26.3 Å². The average Bonchev–Trinajstić information content (AvgIpc) is 2.67. The lowest BCUT2D eigenvalue weighted by Gasteiger charge is -2.09. The molecule has 2 amide bonds. The van der Waals surface area contributed by atoms with Crippen molar-refractivity contribution in [2.45, 2.75) is 0 Å². The number of carbonyl (C=O) groups excluding carboxylic acids is 4. The lowest BCUT2D eigenvalue weighted by atomic mass is 10.6. The molecular formula is C16H24N2O9. The highest BCUT2D eigenvalue weighted by Gasteiger charge is 2.04. The quantitative estimate of drug-likeness (QED) is 0.181. The molecule has 11 heteroatoms. The fourth-order valence-corrected chi connectivity index (χ4v) is 1.32. The fourth-order valence-electron chi connectivity index (χ4n) is 1.32. The van der Waals surface area contributed by atoms with E-state index in [1.807, 2.05) is 0 Å². The molecule has 0 fully saturated rings. The first-order valence-electron chi connectivity index (χ1n) is 7.97. The van der Waals surface area contributed by atoms with Gasteiger partial charge in [-0.05, 0) is 0 Å². The molecule has 0 aliphatic carbocycles. The van der Waals surface area contributed by atoms with Crippen LogP contribution in [-0.4, -0.2) is 76.9 Å². The highest BCUT2D eigenvalue weighted by Crippen LogP contribution is 1.85. The highest BCUT2D eigenvalue weighted by atomic mass is 16.6. The number of amides is 2. The third-order valence-corrected chi connectivity index (χ3v) is 2.49. The molecule has 2 N–H and O–H groups in total. The summed E-state index contributed by atoms with van der Waals surface area (Å²) in [7, 11) is 0. The third kappa shape index (κ3) is 16.2. The molecule has 0 atom stereocenters. The van der Waals surface area contributed by atoms with Gasteiger partial charge in [-0.25, -0.2) is 19.2 Å². The Hall–Kier alpha value is -3.08. The predicted octanol–water partition coefficient (Wildman–Crippen LogP) is -0.0862. The van der Waals surface area contributed by atoms with E-state index in [1.165, 1.54) is 0 Å². The molecular weight excluding hydrogens is 364 g/mol. The largest absolute Gasteiger partial charge is 0.461 e. The normalized spacial score (nSPS) is 9.48. The van der Waals surface area contributed by atoms with Crippen molar-refractivity contribution in [2.24, 2.45) is 0 Å². The van der Waals surface area contributed by atoms with Crippen LogP contribution in [-0.2, 0) is 33.3 Å². The molecule has 0 aromatic heterocycles. The van der Waals surface area contributed by atoms with E-state index in [1.54, 1.807) is 0 Å². The van der Waals surface area contributed by atoms with E-state index < -0.39 is 24.1 Å². The second-order valence-electron chi connectivity index (χ2n) is 4.48. The van der Waals surface area contributed by atoms with Gasteiger partial charge in [0, 0.05) is 12.2 Å². The van der Waals surface area contributed by atoms with Crippen LogP contribution < -0.4 is 10.6 Å². The summed E-state index contributed by atoms with van der Waals surface area (Å²) in [6.45, 7) is 6.91. The Labute approximate surface area is 156 Å². The van der Waals surface area contributed by atoms with Gasteiger partial charge in [-0.3, -0.25) is 0 Å². The Morgan fingerprint density at radius 1 is 0.630 bits per heavy atom. The molecule has 0 radical (unpaired) electrons. The molecule has 0 unspecified atom stereocenters. The van der Waals surface area contributed by atoms with Crippen LogP contribution in [0.25, 0.3) is 0 Å². The van der Waals surface area contributed by atoms with E-state index in [0.717, 1.165) is 12.2 Å². The minimum absolute atomic E-state index is 0.000847. The number of esters is 2. The summed E-state index contributed by atoms with van der Waals surface area (Å²) < 4.78 is 24.0. The van der Waals surface area contributed by atoms with Gasteiger partial charge in [0.15, 0.2) is 0 Å². The lowest BCUT2D eigenvalue weighted by molar-refractivity contribution is -0.138. The Morgan fingerprint density at radius 2 is 1.04 bits per heavy atom. The number of nitrogens with one attached hydrogen (secondary N) is 2. The number of hydrogen-bond donors (Lipinski definition) is 2. The topological polar surface area (TPSA) is 138 Å². The molecule has 0 aromatic carbocycles. The Morgan fingerprint density at radius 3 is 1.41 bits per heavy atom. The van der Waals surface area contributed by atoms with Crippen molar-refractivity contribution in [3.05, 3.63) is 25.3 Å². The smallest absolute Gasteiger partial charge is 0.407 e. The minimum Gasteiger partial charge on any atom is -0.461 e. The zero-order chi connectivity index (χ0) is 20.3. The van der Waals surface area contributed by atoms with Crippen molar-refractivity contribution in [2.75, 3.05) is 52.7 Å². The maximum Gasteiger partial charge on any atom is 0.407 e. The molecule has 0 spiro atoms. The first-order valence-corrected chi connectivity index (χ1v) is 7.97. The number of carbonyl (C=O) groups is 4. The molecule has 0 heterocycles. The molecule has 0 aromatic rings. The summed E-state index contributed by atoms with van der Waals surface area (Å²) in [6, 6.07) is 0. The summed E-state index contributed by atoms with van der Waals surface area (Å²) in [5.41, 5.74) is 0. The Bertz CT molecular complexity index is 464. The summed E-state index contributed by atoms with van der Waals surface area (Å²) in [6.07, 6.45) is 0.676. The molecule has 0 rings (SSSR count). The highest BCUT2D eigenvalue weighted by molar-refractivity contribution is 5.81. The summed E-state index contributed by atoms with van der Waals surface area (Å²) in [4.78, 5) is 44.0. The summed E-state index contributed by atoms with van der Waals surface area (Å²) >= 11 is 0. The van der Waals surface area contributed by atoms with E-state index >= 15 is 0 Å². The van der Waals surface area contributed by atoms with Crippen molar-refractivity contribution in [3.63, 3.8) is 0 Å². The molecule has 27 heavy (non-hydrogen) atoms.